The molecule has 110 valence electrons. The Morgan fingerprint density at radius 2 is 2.05 bits per heavy atom. The van der Waals surface area contributed by atoms with Crippen molar-refractivity contribution in [1.29, 1.82) is 0 Å². The number of ether oxygens (including phenoxy) is 1. The second-order valence-electron chi connectivity index (χ2n) is 7.06. The molecule has 2 aliphatic carbocycles. The van der Waals surface area contributed by atoms with Crippen LogP contribution in [0.3, 0.4) is 0 Å². The molecule has 1 aromatic rings. The largest absolute Gasteiger partial charge is 0.360 e. The molecule has 2 fully saturated rings. The van der Waals surface area contributed by atoms with Crippen molar-refractivity contribution in [3.8, 4) is 0 Å². The fourth-order valence-corrected chi connectivity index (χ4v) is 4.75. The van der Waals surface area contributed by atoms with E-state index in [9.17, 15) is 4.79 Å². The third-order valence-electron chi connectivity index (χ3n) is 5.56. The fraction of sp³-hybridized carbons (Fsp3) is 0.526. The van der Waals surface area contributed by atoms with Crippen LogP contribution in [0.15, 0.2) is 42.0 Å². The summed E-state index contributed by atoms with van der Waals surface area (Å²) in [4.78, 5) is 12.0. The van der Waals surface area contributed by atoms with Crippen molar-refractivity contribution in [3.63, 3.8) is 0 Å². The van der Waals surface area contributed by atoms with Gasteiger partial charge in [0.05, 0.1) is 6.10 Å². The Balaban J connectivity index is 1.60. The quantitative estimate of drug-likeness (QED) is 0.793. The molecule has 5 atom stereocenters. The third kappa shape index (κ3) is 1.92. The van der Waals surface area contributed by atoms with Gasteiger partial charge in [0.1, 0.15) is 5.60 Å². The minimum absolute atomic E-state index is 0.203. The molecule has 0 unspecified atom stereocenters. The van der Waals surface area contributed by atoms with Crippen LogP contribution in [0.5, 0.6) is 0 Å². The molecule has 0 bridgehead atoms. The zero-order valence-corrected chi connectivity index (χ0v) is 12.7. The van der Waals surface area contributed by atoms with Crippen LogP contribution in [0.4, 0.5) is 0 Å². The van der Waals surface area contributed by atoms with E-state index < -0.39 is 0 Å². The predicted molar refractivity (Wildman–Crippen MR) is 81.9 cm³/mol. The Labute approximate surface area is 126 Å². The number of epoxide rings is 1. The molecule has 1 saturated carbocycles. The average molecular weight is 282 g/mol. The van der Waals surface area contributed by atoms with Gasteiger partial charge in [-0.05, 0) is 49.5 Å². The zero-order chi connectivity index (χ0) is 14.6. The lowest BCUT2D eigenvalue weighted by Crippen LogP contribution is -2.33. The lowest BCUT2D eigenvalue weighted by atomic mass is 9.74. The maximum atomic E-state index is 12.0. The molecular weight excluding hydrogens is 260 g/mol. The number of carbonyl (C=O) groups excluding carboxylic acids is 1. The molecule has 1 aliphatic heterocycles. The van der Waals surface area contributed by atoms with Gasteiger partial charge in [-0.2, -0.15) is 0 Å². The van der Waals surface area contributed by atoms with E-state index in [4.69, 9.17) is 4.74 Å². The summed E-state index contributed by atoms with van der Waals surface area (Å²) in [5.41, 5.74) is 2.14. The highest BCUT2D eigenvalue weighted by atomic mass is 16.6. The third-order valence-corrected chi connectivity index (χ3v) is 5.56. The summed E-state index contributed by atoms with van der Waals surface area (Å²) in [6, 6.07) is 10.7. The maximum Gasteiger partial charge on any atom is 0.158 e. The van der Waals surface area contributed by atoms with E-state index in [2.05, 4.69) is 43.3 Å². The number of rotatable bonds is 3. The Kier molecular flexibility index (Phi) is 2.87. The molecule has 21 heavy (non-hydrogen) atoms. The van der Waals surface area contributed by atoms with Crippen molar-refractivity contribution in [2.24, 2.45) is 17.8 Å². The summed E-state index contributed by atoms with van der Waals surface area (Å²) in [6.07, 6.45) is 5.88. The Hall–Kier alpha value is -1.41. The minimum atomic E-state index is -0.211. The predicted octanol–water partition coefficient (Wildman–Crippen LogP) is 3.56. The molecule has 1 heterocycles. The van der Waals surface area contributed by atoms with E-state index in [1.54, 1.807) is 6.92 Å². The first-order valence-corrected chi connectivity index (χ1v) is 8.06. The van der Waals surface area contributed by atoms with Crippen LogP contribution >= 0.6 is 0 Å². The summed E-state index contributed by atoms with van der Waals surface area (Å²) < 4.78 is 6.16. The number of benzene rings is 1. The number of allylic oxidation sites excluding steroid dienone is 1. The molecule has 1 saturated heterocycles. The summed E-state index contributed by atoms with van der Waals surface area (Å²) in [5.74, 6) is 1.80. The first kappa shape index (κ1) is 13.3. The smallest absolute Gasteiger partial charge is 0.158 e. The molecule has 1 aromatic carbocycles. The van der Waals surface area contributed by atoms with Crippen LogP contribution in [0.2, 0.25) is 0 Å². The van der Waals surface area contributed by atoms with Gasteiger partial charge in [0.2, 0.25) is 0 Å². The van der Waals surface area contributed by atoms with Gasteiger partial charge in [0, 0.05) is 5.57 Å². The van der Waals surface area contributed by atoms with E-state index in [0.717, 1.165) is 12.0 Å². The van der Waals surface area contributed by atoms with Crippen LogP contribution in [0, 0.1) is 17.8 Å². The highest BCUT2D eigenvalue weighted by Crippen LogP contribution is 2.64. The fourth-order valence-electron chi connectivity index (χ4n) is 4.75. The van der Waals surface area contributed by atoms with Crippen LogP contribution < -0.4 is 0 Å². The van der Waals surface area contributed by atoms with Crippen molar-refractivity contribution in [2.45, 2.75) is 44.8 Å². The maximum absolute atomic E-state index is 12.0. The second kappa shape index (κ2) is 4.54. The topological polar surface area (TPSA) is 29.6 Å². The SMILES string of the molecule is CC(=O)C1=C[C@H](C)C[C@H]2C[C@@H](Cc3ccccc3)[C@@H]3O[C@]123. The number of carbonyl (C=O) groups is 1. The minimum Gasteiger partial charge on any atom is -0.360 e. The molecule has 0 radical (unpaired) electrons. The number of ketones is 1. The van der Waals surface area contributed by atoms with E-state index in [-0.39, 0.29) is 17.5 Å². The van der Waals surface area contributed by atoms with Gasteiger partial charge >= 0.3 is 0 Å². The van der Waals surface area contributed by atoms with Crippen molar-refractivity contribution in [3.05, 3.63) is 47.5 Å². The standard InChI is InChI=1S/C19H22O2/c1-12-8-16-11-15(10-14-6-4-3-5-7-14)18-19(16,21-18)17(9-12)13(2)20/h3-7,9,12,15-16,18H,8,10-11H2,1-2H3/t12-,15-,16+,18+,19+/m1/s1. The summed E-state index contributed by atoms with van der Waals surface area (Å²) in [7, 11) is 0. The van der Waals surface area contributed by atoms with Crippen molar-refractivity contribution >= 4 is 5.78 Å². The van der Waals surface area contributed by atoms with Gasteiger partial charge in [-0.3, -0.25) is 4.79 Å². The van der Waals surface area contributed by atoms with E-state index >= 15 is 0 Å². The van der Waals surface area contributed by atoms with Crippen LogP contribution in [0.1, 0.15) is 32.3 Å². The zero-order valence-electron chi connectivity index (χ0n) is 12.7. The second-order valence-corrected chi connectivity index (χ2v) is 7.06. The first-order chi connectivity index (χ1) is 10.1. The Morgan fingerprint density at radius 1 is 1.29 bits per heavy atom. The summed E-state index contributed by atoms with van der Waals surface area (Å²) >= 11 is 0. The molecule has 0 N–H and O–H groups in total. The molecule has 0 aromatic heterocycles. The normalized spacial score (nSPS) is 40.2. The van der Waals surface area contributed by atoms with Crippen LogP contribution in [-0.4, -0.2) is 17.5 Å². The van der Waals surface area contributed by atoms with Crippen molar-refractivity contribution in [1.82, 2.24) is 0 Å². The van der Waals surface area contributed by atoms with Gasteiger partial charge in [-0.1, -0.05) is 43.3 Å². The van der Waals surface area contributed by atoms with Gasteiger partial charge in [-0.15, -0.1) is 0 Å². The van der Waals surface area contributed by atoms with Crippen LogP contribution in [0.25, 0.3) is 0 Å². The number of Topliss-reactive ketones (excluding diaryl/α,β-unsaturated/α-hetero) is 1. The molecule has 0 amide bonds. The van der Waals surface area contributed by atoms with Crippen LogP contribution in [-0.2, 0) is 16.0 Å². The number of hydrogen-bond acceptors (Lipinski definition) is 2. The van der Waals surface area contributed by atoms with E-state index in [0.29, 0.717) is 17.8 Å². The lowest BCUT2D eigenvalue weighted by molar-refractivity contribution is -0.114. The molecule has 2 heteroatoms. The highest BCUT2D eigenvalue weighted by molar-refractivity contribution is 5.96. The van der Waals surface area contributed by atoms with Gasteiger partial charge in [-0.25, -0.2) is 0 Å². The highest BCUT2D eigenvalue weighted by Gasteiger charge is 2.72. The first-order valence-electron chi connectivity index (χ1n) is 8.06. The summed E-state index contributed by atoms with van der Waals surface area (Å²) in [6.45, 7) is 3.91. The Bertz CT molecular complexity index is 603. The molecular formula is C19H22O2. The van der Waals surface area contributed by atoms with Crippen molar-refractivity contribution in [2.75, 3.05) is 0 Å². The van der Waals surface area contributed by atoms with Gasteiger partial charge in [0.15, 0.2) is 5.78 Å². The average Bonchev–Trinajstić information content (AvgIpc) is 3.12. The monoisotopic (exact) mass is 282 g/mol. The molecule has 3 aliphatic rings. The molecule has 1 spiro atoms. The van der Waals surface area contributed by atoms with Crippen molar-refractivity contribution < 1.29 is 9.53 Å². The van der Waals surface area contributed by atoms with E-state index in [1.807, 2.05) is 0 Å². The Morgan fingerprint density at radius 3 is 2.76 bits per heavy atom. The summed E-state index contributed by atoms with van der Waals surface area (Å²) in [5, 5.41) is 0. The molecule has 4 rings (SSSR count). The molecule has 2 nitrogen and oxygen atoms in total. The van der Waals surface area contributed by atoms with Gasteiger partial charge in [0.25, 0.3) is 0 Å². The lowest BCUT2D eigenvalue weighted by Gasteiger charge is -2.30. The number of hydrogen-bond donors (Lipinski definition) is 0. The van der Waals surface area contributed by atoms with E-state index in [1.165, 1.54) is 18.4 Å². The van der Waals surface area contributed by atoms with Gasteiger partial charge < -0.3 is 4.74 Å².